The standard InChI is InChI=1S/C21H15N5O3S/c27-18(24-25-19(28)14-5-4-10-22-12-14)13-8-9-16-17(11-13)23-21(30)26(20(16)29)15-6-2-1-3-7-15/h1-12H,(H,23,30)(H,24,27)(H,25,28). The molecule has 148 valence electrons. The maximum atomic E-state index is 12.9. The van der Waals surface area contributed by atoms with Gasteiger partial charge in [0.25, 0.3) is 17.4 Å². The third-order valence-corrected chi connectivity index (χ3v) is 4.67. The van der Waals surface area contributed by atoms with Crippen molar-refractivity contribution in [2.24, 2.45) is 0 Å². The third-order valence-electron chi connectivity index (χ3n) is 4.39. The van der Waals surface area contributed by atoms with Crippen molar-refractivity contribution in [3.05, 3.63) is 99.3 Å². The highest BCUT2D eigenvalue weighted by Gasteiger charge is 2.12. The predicted molar refractivity (Wildman–Crippen MR) is 114 cm³/mol. The Balaban J connectivity index is 1.61. The fraction of sp³-hybridized carbons (Fsp3) is 0. The van der Waals surface area contributed by atoms with Gasteiger partial charge in [-0.2, -0.15) is 0 Å². The van der Waals surface area contributed by atoms with Crippen LogP contribution in [0.5, 0.6) is 0 Å². The van der Waals surface area contributed by atoms with Crippen molar-refractivity contribution in [2.75, 3.05) is 0 Å². The molecule has 4 rings (SSSR count). The van der Waals surface area contributed by atoms with Gasteiger partial charge in [0.15, 0.2) is 4.77 Å². The molecule has 3 N–H and O–H groups in total. The van der Waals surface area contributed by atoms with Crippen molar-refractivity contribution >= 4 is 34.9 Å². The number of pyridine rings is 1. The van der Waals surface area contributed by atoms with E-state index in [9.17, 15) is 14.4 Å². The second kappa shape index (κ2) is 8.10. The van der Waals surface area contributed by atoms with E-state index in [1.165, 1.54) is 22.9 Å². The van der Waals surface area contributed by atoms with E-state index < -0.39 is 11.8 Å². The van der Waals surface area contributed by atoms with E-state index in [1.807, 2.05) is 18.2 Å². The Kier molecular flexibility index (Phi) is 5.19. The minimum absolute atomic E-state index is 0.209. The van der Waals surface area contributed by atoms with Gasteiger partial charge in [-0.15, -0.1) is 0 Å². The summed E-state index contributed by atoms with van der Waals surface area (Å²) in [5.74, 6) is -1.04. The number of hydrazine groups is 1. The van der Waals surface area contributed by atoms with Gasteiger partial charge in [0, 0.05) is 18.0 Å². The zero-order valence-electron chi connectivity index (χ0n) is 15.5. The highest BCUT2D eigenvalue weighted by molar-refractivity contribution is 7.71. The molecule has 30 heavy (non-hydrogen) atoms. The number of amides is 2. The van der Waals surface area contributed by atoms with Crippen LogP contribution in [-0.2, 0) is 0 Å². The predicted octanol–water partition coefficient (Wildman–Crippen LogP) is 2.52. The molecule has 0 spiro atoms. The number of nitrogens with zero attached hydrogens (tertiary/aromatic N) is 2. The summed E-state index contributed by atoms with van der Waals surface area (Å²) in [6.07, 6.45) is 2.93. The fourth-order valence-electron chi connectivity index (χ4n) is 2.93. The van der Waals surface area contributed by atoms with Crippen molar-refractivity contribution in [2.45, 2.75) is 0 Å². The Morgan fingerprint density at radius 2 is 1.67 bits per heavy atom. The van der Waals surface area contributed by atoms with Gasteiger partial charge in [-0.05, 0) is 54.7 Å². The molecule has 2 amide bonds. The summed E-state index contributed by atoms with van der Waals surface area (Å²) < 4.78 is 1.60. The summed E-state index contributed by atoms with van der Waals surface area (Å²) in [6.45, 7) is 0. The van der Waals surface area contributed by atoms with Crippen molar-refractivity contribution < 1.29 is 9.59 Å². The van der Waals surface area contributed by atoms with Crippen LogP contribution in [0.4, 0.5) is 0 Å². The lowest BCUT2D eigenvalue weighted by Gasteiger charge is -2.10. The summed E-state index contributed by atoms with van der Waals surface area (Å²) in [5.41, 5.74) is 5.99. The van der Waals surface area contributed by atoms with E-state index >= 15 is 0 Å². The molecule has 0 fully saturated rings. The molecule has 0 radical (unpaired) electrons. The van der Waals surface area contributed by atoms with Gasteiger partial charge in [0.05, 0.1) is 22.2 Å². The molecule has 2 aromatic heterocycles. The van der Waals surface area contributed by atoms with Crippen LogP contribution in [0.25, 0.3) is 16.6 Å². The number of fused-ring (bicyclic) bond motifs is 1. The van der Waals surface area contributed by atoms with E-state index in [1.54, 1.807) is 36.5 Å². The Labute approximate surface area is 175 Å². The van der Waals surface area contributed by atoms with Crippen LogP contribution < -0.4 is 16.4 Å². The first-order chi connectivity index (χ1) is 14.5. The number of aromatic nitrogens is 3. The molecule has 8 nitrogen and oxygen atoms in total. The first-order valence-electron chi connectivity index (χ1n) is 8.90. The van der Waals surface area contributed by atoms with Gasteiger partial charge < -0.3 is 4.98 Å². The minimum atomic E-state index is -0.541. The van der Waals surface area contributed by atoms with E-state index in [2.05, 4.69) is 20.8 Å². The average molecular weight is 417 g/mol. The third kappa shape index (κ3) is 3.74. The van der Waals surface area contributed by atoms with Crippen LogP contribution in [0.2, 0.25) is 0 Å². The van der Waals surface area contributed by atoms with E-state index in [0.717, 1.165) is 0 Å². The molecule has 0 aliphatic rings. The van der Waals surface area contributed by atoms with Gasteiger partial charge >= 0.3 is 0 Å². The Morgan fingerprint density at radius 1 is 0.933 bits per heavy atom. The Morgan fingerprint density at radius 3 is 2.37 bits per heavy atom. The minimum Gasteiger partial charge on any atom is -0.331 e. The van der Waals surface area contributed by atoms with Crippen LogP contribution in [0, 0.1) is 4.77 Å². The lowest BCUT2D eigenvalue weighted by molar-refractivity contribution is 0.0846. The molecule has 2 aromatic carbocycles. The van der Waals surface area contributed by atoms with Crippen LogP contribution in [0.3, 0.4) is 0 Å². The zero-order chi connectivity index (χ0) is 21.1. The molecule has 0 saturated heterocycles. The summed E-state index contributed by atoms with van der Waals surface area (Å²) in [4.78, 5) is 44.2. The molecule has 0 atom stereocenters. The summed E-state index contributed by atoms with van der Waals surface area (Å²) >= 11 is 5.34. The molecule has 0 aliphatic heterocycles. The highest BCUT2D eigenvalue weighted by Crippen LogP contribution is 2.13. The zero-order valence-corrected chi connectivity index (χ0v) is 16.3. The first-order valence-corrected chi connectivity index (χ1v) is 9.30. The molecule has 9 heteroatoms. The van der Waals surface area contributed by atoms with Crippen LogP contribution in [0.15, 0.2) is 77.9 Å². The largest absolute Gasteiger partial charge is 0.331 e. The van der Waals surface area contributed by atoms with Crippen molar-refractivity contribution in [1.82, 2.24) is 25.4 Å². The normalized spacial score (nSPS) is 10.5. The Bertz CT molecular complexity index is 1360. The number of rotatable bonds is 3. The molecule has 0 unspecified atom stereocenters. The quantitative estimate of drug-likeness (QED) is 0.351. The number of para-hydroxylation sites is 1. The number of aromatic amines is 1. The summed E-state index contributed by atoms with van der Waals surface area (Å²) in [5, 5.41) is 0.378. The Hall–Kier alpha value is -4.11. The van der Waals surface area contributed by atoms with Crippen molar-refractivity contribution in [3.63, 3.8) is 0 Å². The van der Waals surface area contributed by atoms with Crippen molar-refractivity contribution in [3.8, 4) is 5.69 Å². The molecule has 0 saturated carbocycles. The van der Waals surface area contributed by atoms with Crippen LogP contribution in [0.1, 0.15) is 20.7 Å². The van der Waals surface area contributed by atoms with Gasteiger partial charge in [0.2, 0.25) is 0 Å². The second-order valence-corrected chi connectivity index (χ2v) is 6.70. The van der Waals surface area contributed by atoms with Gasteiger partial charge in [-0.3, -0.25) is 34.8 Å². The molecule has 4 aromatic rings. The van der Waals surface area contributed by atoms with E-state index in [0.29, 0.717) is 22.2 Å². The number of hydrogen-bond acceptors (Lipinski definition) is 5. The maximum absolute atomic E-state index is 12.9. The smallest absolute Gasteiger partial charge is 0.271 e. The lowest BCUT2D eigenvalue weighted by atomic mass is 10.1. The monoisotopic (exact) mass is 417 g/mol. The van der Waals surface area contributed by atoms with E-state index in [4.69, 9.17) is 12.2 Å². The molecular formula is C21H15N5O3S. The van der Waals surface area contributed by atoms with Gasteiger partial charge in [-0.1, -0.05) is 18.2 Å². The number of carbonyl (C=O) groups excluding carboxylic acids is 2. The highest BCUT2D eigenvalue weighted by atomic mass is 32.1. The number of benzene rings is 2. The second-order valence-electron chi connectivity index (χ2n) is 6.32. The van der Waals surface area contributed by atoms with Crippen molar-refractivity contribution in [1.29, 1.82) is 0 Å². The topological polar surface area (TPSA) is 109 Å². The lowest BCUT2D eigenvalue weighted by Crippen LogP contribution is -2.41. The van der Waals surface area contributed by atoms with Crippen LogP contribution in [-0.4, -0.2) is 26.3 Å². The molecular weight excluding hydrogens is 402 g/mol. The van der Waals surface area contributed by atoms with Gasteiger partial charge in [-0.25, -0.2) is 0 Å². The van der Waals surface area contributed by atoms with E-state index in [-0.39, 0.29) is 15.9 Å². The number of nitrogens with one attached hydrogen (secondary N) is 3. The first kappa shape index (κ1) is 19.2. The molecule has 0 bridgehead atoms. The number of hydrogen-bond donors (Lipinski definition) is 3. The molecule has 2 heterocycles. The molecule has 0 aliphatic carbocycles. The fourth-order valence-corrected chi connectivity index (χ4v) is 3.22. The summed E-state index contributed by atoms with van der Waals surface area (Å²) in [7, 11) is 0. The van der Waals surface area contributed by atoms with Gasteiger partial charge in [0.1, 0.15) is 0 Å². The number of carbonyl (C=O) groups is 2. The summed E-state index contributed by atoms with van der Waals surface area (Å²) in [6, 6.07) is 16.8. The van der Waals surface area contributed by atoms with Crippen LogP contribution >= 0.6 is 12.2 Å². The SMILES string of the molecule is O=C(NNC(=O)c1ccc2c(=O)n(-c3ccccc3)c(=S)[nH]c2c1)c1cccnc1. The maximum Gasteiger partial charge on any atom is 0.271 e. The number of H-pyrrole nitrogens is 1. The average Bonchev–Trinajstić information content (AvgIpc) is 2.78.